The van der Waals surface area contributed by atoms with Crippen LogP contribution in [0.5, 0.6) is 0 Å². The third-order valence-electron chi connectivity index (χ3n) is 1.51. The molecule has 0 aliphatic carbocycles. The smallest absolute Gasteiger partial charge is 0.0693 e. The largest absolute Gasteiger partial charge is 0.241 e. The second kappa shape index (κ2) is 1.84. The van der Waals surface area contributed by atoms with Crippen LogP contribution in [-0.4, -0.2) is 9.61 Å². The molecule has 49 valence electrons. The van der Waals surface area contributed by atoms with Crippen LogP contribution in [-0.2, 0) is 0 Å². The van der Waals surface area contributed by atoms with Crippen LogP contribution in [0.1, 0.15) is 5.56 Å². The number of rotatable bonds is 0. The quantitative estimate of drug-likeness (QED) is 0.529. The van der Waals surface area contributed by atoms with Gasteiger partial charge in [-0.15, -0.1) is 0 Å². The van der Waals surface area contributed by atoms with E-state index in [0.717, 1.165) is 11.1 Å². The van der Waals surface area contributed by atoms with Gasteiger partial charge in [-0.05, 0) is 24.6 Å². The molecule has 10 heavy (non-hydrogen) atoms. The third kappa shape index (κ3) is 0.620. The molecule has 2 rings (SSSR count). The van der Waals surface area contributed by atoms with Gasteiger partial charge in [-0.3, -0.25) is 0 Å². The molecule has 0 unspecified atom stereocenters. The Kier molecular flexibility index (Phi) is 1.01. The van der Waals surface area contributed by atoms with E-state index in [1.54, 1.807) is 6.20 Å². The van der Waals surface area contributed by atoms with E-state index < -0.39 is 0 Å². The zero-order valence-corrected chi connectivity index (χ0v) is 5.49. The molecular formula is C8H7N2. The van der Waals surface area contributed by atoms with Crippen molar-refractivity contribution >= 4 is 5.52 Å². The van der Waals surface area contributed by atoms with Gasteiger partial charge in [0.05, 0.1) is 11.7 Å². The topological polar surface area (TPSA) is 17.3 Å². The highest BCUT2D eigenvalue weighted by atomic mass is 15.2. The standard InChI is InChI=1S/C8H7N2/c1-7-6-9-10-5-3-2-4-8(7)10/h2-6H,1H2. The van der Waals surface area contributed by atoms with Gasteiger partial charge in [0.1, 0.15) is 0 Å². The van der Waals surface area contributed by atoms with Gasteiger partial charge in [0, 0.05) is 6.20 Å². The van der Waals surface area contributed by atoms with Crippen molar-refractivity contribution in [2.45, 2.75) is 0 Å². The fourth-order valence-corrected chi connectivity index (χ4v) is 0.987. The van der Waals surface area contributed by atoms with E-state index in [4.69, 9.17) is 0 Å². The van der Waals surface area contributed by atoms with Crippen molar-refractivity contribution in [3.8, 4) is 0 Å². The first-order valence-electron chi connectivity index (χ1n) is 3.12. The Hall–Kier alpha value is -1.31. The van der Waals surface area contributed by atoms with Crippen LogP contribution in [0.2, 0.25) is 0 Å². The monoisotopic (exact) mass is 131 g/mol. The number of aromatic nitrogens is 2. The van der Waals surface area contributed by atoms with Gasteiger partial charge in [-0.1, -0.05) is 6.07 Å². The maximum absolute atomic E-state index is 4.07. The van der Waals surface area contributed by atoms with E-state index in [1.165, 1.54) is 0 Å². The molecule has 2 nitrogen and oxygen atoms in total. The highest BCUT2D eigenvalue weighted by Gasteiger charge is 1.94. The summed E-state index contributed by atoms with van der Waals surface area (Å²) in [7, 11) is 0. The van der Waals surface area contributed by atoms with Gasteiger partial charge in [0.25, 0.3) is 0 Å². The predicted molar refractivity (Wildman–Crippen MR) is 39.7 cm³/mol. The Bertz CT molecular complexity index is 349. The van der Waals surface area contributed by atoms with E-state index in [2.05, 4.69) is 12.0 Å². The van der Waals surface area contributed by atoms with Gasteiger partial charge in [-0.25, -0.2) is 4.52 Å². The summed E-state index contributed by atoms with van der Waals surface area (Å²) in [5.74, 6) is 0. The van der Waals surface area contributed by atoms with Crippen molar-refractivity contribution < 1.29 is 0 Å². The van der Waals surface area contributed by atoms with Crippen LogP contribution >= 0.6 is 0 Å². The van der Waals surface area contributed by atoms with E-state index in [9.17, 15) is 0 Å². The Morgan fingerprint density at radius 3 is 3.10 bits per heavy atom. The molecule has 2 heteroatoms. The number of hydrogen-bond donors (Lipinski definition) is 0. The molecular weight excluding hydrogens is 124 g/mol. The van der Waals surface area contributed by atoms with Gasteiger partial charge >= 0.3 is 0 Å². The molecule has 0 fully saturated rings. The zero-order valence-electron chi connectivity index (χ0n) is 5.49. The van der Waals surface area contributed by atoms with Crippen molar-refractivity contribution in [1.29, 1.82) is 0 Å². The number of pyridine rings is 1. The van der Waals surface area contributed by atoms with Gasteiger partial charge in [0.2, 0.25) is 0 Å². The maximum atomic E-state index is 4.07. The minimum absolute atomic E-state index is 0.973. The lowest BCUT2D eigenvalue weighted by molar-refractivity contribution is 0.961. The van der Waals surface area contributed by atoms with Crippen molar-refractivity contribution in [2.75, 3.05) is 0 Å². The Morgan fingerprint density at radius 1 is 1.40 bits per heavy atom. The number of fused-ring (bicyclic) bond motifs is 1. The van der Waals surface area contributed by atoms with E-state index in [0.29, 0.717) is 0 Å². The molecule has 0 spiro atoms. The highest BCUT2D eigenvalue weighted by Crippen LogP contribution is 2.06. The molecule has 1 radical (unpaired) electrons. The van der Waals surface area contributed by atoms with E-state index in [-0.39, 0.29) is 0 Å². The summed E-state index contributed by atoms with van der Waals surface area (Å²) in [6.45, 7) is 3.83. The van der Waals surface area contributed by atoms with Crippen LogP contribution in [0.4, 0.5) is 0 Å². The minimum Gasteiger partial charge on any atom is -0.241 e. The Morgan fingerprint density at radius 2 is 2.30 bits per heavy atom. The molecule has 0 aliphatic heterocycles. The maximum Gasteiger partial charge on any atom is 0.0693 e. The van der Waals surface area contributed by atoms with Crippen molar-refractivity contribution in [1.82, 2.24) is 9.61 Å². The van der Waals surface area contributed by atoms with Crippen LogP contribution in [0.3, 0.4) is 0 Å². The SMILES string of the molecule is [CH2]c1cnn2ccccc12. The molecule has 0 atom stereocenters. The second-order valence-electron chi connectivity index (χ2n) is 2.20. The van der Waals surface area contributed by atoms with E-state index >= 15 is 0 Å². The van der Waals surface area contributed by atoms with Crippen molar-refractivity contribution in [2.24, 2.45) is 0 Å². The first-order valence-corrected chi connectivity index (χ1v) is 3.12. The van der Waals surface area contributed by atoms with Crippen molar-refractivity contribution in [3.63, 3.8) is 0 Å². The summed E-state index contributed by atoms with van der Waals surface area (Å²) < 4.78 is 1.81. The summed E-state index contributed by atoms with van der Waals surface area (Å²) in [5, 5.41) is 4.07. The molecule has 0 N–H and O–H groups in total. The van der Waals surface area contributed by atoms with E-state index in [1.807, 2.05) is 28.9 Å². The molecule has 0 saturated heterocycles. The molecule has 0 aromatic carbocycles. The molecule has 0 amide bonds. The Labute approximate surface area is 59.1 Å². The lowest BCUT2D eigenvalue weighted by Crippen LogP contribution is -1.82. The zero-order chi connectivity index (χ0) is 6.97. The first kappa shape index (κ1) is 5.47. The normalized spacial score (nSPS) is 10.5. The first-order chi connectivity index (χ1) is 4.88. The Balaban J connectivity index is 2.93. The van der Waals surface area contributed by atoms with Gasteiger partial charge < -0.3 is 0 Å². The van der Waals surface area contributed by atoms with Gasteiger partial charge in [-0.2, -0.15) is 5.10 Å². The van der Waals surface area contributed by atoms with Gasteiger partial charge in [0.15, 0.2) is 0 Å². The van der Waals surface area contributed by atoms with Crippen molar-refractivity contribution in [3.05, 3.63) is 43.1 Å². The molecule has 0 bridgehead atoms. The average Bonchev–Trinajstić information content (AvgIpc) is 2.34. The van der Waals surface area contributed by atoms with Crippen LogP contribution < -0.4 is 0 Å². The van der Waals surface area contributed by atoms with Crippen LogP contribution in [0.15, 0.2) is 30.6 Å². The summed E-state index contributed by atoms with van der Waals surface area (Å²) in [6, 6.07) is 5.92. The highest BCUT2D eigenvalue weighted by molar-refractivity contribution is 5.54. The number of hydrogen-bond acceptors (Lipinski definition) is 1. The molecule has 0 aliphatic rings. The molecule has 2 heterocycles. The molecule has 2 aromatic heterocycles. The number of nitrogens with zero attached hydrogens (tertiary/aromatic N) is 2. The fraction of sp³-hybridized carbons (Fsp3) is 0. The fourth-order valence-electron chi connectivity index (χ4n) is 0.987. The lowest BCUT2D eigenvalue weighted by Gasteiger charge is -1.89. The van der Waals surface area contributed by atoms with Crippen LogP contribution in [0, 0.1) is 6.92 Å². The molecule has 0 saturated carbocycles. The molecule has 2 aromatic rings. The minimum atomic E-state index is 0.973. The average molecular weight is 131 g/mol. The second-order valence-corrected chi connectivity index (χ2v) is 2.20. The van der Waals surface area contributed by atoms with Crippen LogP contribution in [0.25, 0.3) is 5.52 Å². The summed E-state index contributed by atoms with van der Waals surface area (Å²) in [4.78, 5) is 0. The third-order valence-corrected chi connectivity index (χ3v) is 1.51. The predicted octanol–water partition coefficient (Wildman–Crippen LogP) is 1.52. The summed E-state index contributed by atoms with van der Waals surface area (Å²) in [6.07, 6.45) is 3.67. The lowest BCUT2D eigenvalue weighted by atomic mass is 10.3. The summed E-state index contributed by atoms with van der Waals surface area (Å²) >= 11 is 0. The summed E-state index contributed by atoms with van der Waals surface area (Å²) in [5.41, 5.74) is 2.04.